The van der Waals surface area contributed by atoms with Crippen LogP contribution in [0.5, 0.6) is 0 Å². The highest BCUT2D eigenvalue weighted by Gasteiger charge is 2.03. The Morgan fingerprint density at radius 3 is 3.00 bits per heavy atom. The van der Waals surface area contributed by atoms with E-state index in [-0.39, 0.29) is 5.91 Å². The number of pyridine rings is 1. The Morgan fingerprint density at radius 1 is 1.20 bits per heavy atom. The van der Waals surface area contributed by atoms with Crippen molar-refractivity contribution >= 4 is 28.7 Å². The monoisotopic (exact) mass is 331 g/mol. The minimum Gasteiger partial charge on any atom is -0.352 e. The van der Waals surface area contributed by atoms with Gasteiger partial charge in [-0.15, -0.1) is 0 Å². The third kappa shape index (κ3) is 3.28. The summed E-state index contributed by atoms with van der Waals surface area (Å²) in [6.45, 7) is 0.524. The van der Waals surface area contributed by atoms with Crippen LogP contribution in [0.2, 0.25) is 0 Å². The van der Waals surface area contributed by atoms with E-state index >= 15 is 0 Å². The van der Waals surface area contributed by atoms with Crippen LogP contribution in [0.4, 0.5) is 0 Å². The van der Waals surface area contributed by atoms with Crippen molar-refractivity contribution in [3.05, 3.63) is 72.5 Å². The molecule has 0 aliphatic carbocycles. The van der Waals surface area contributed by atoms with Gasteiger partial charge in [-0.2, -0.15) is 0 Å². The predicted molar refractivity (Wildman–Crippen MR) is 97.0 cm³/mol. The highest BCUT2D eigenvalue weighted by atomic mass is 16.1. The fraction of sp³-hybridized carbons (Fsp3) is 0.105. The molecule has 1 aromatic carbocycles. The summed E-state index contributed by atoms with van der Waals surface area (Å²) in [4.78, 5) is 24.0. The molecule has 0 aliphatic heterocycles. The summed E-state index contributed by atoms with van der Waals surface area (Å²) in [5, 5.41) is 2.87. The molecule has 0 saturated heterocycles. The smallest absolute Gasteiger partial charge is 0.244 e. The summed E-state index contributed by atoms with van der Waals surface area (Å²) in [5.74, 6) is 0.731. The minimum absolute atomic E-state index is 0.137. The average Bonchev–Trinajstić information content (AvgIpc) is 3.23. The third-order valence-electron chi connectivity index (χ3n) is 3.95. The molecule has 0 atom stereocenters. The van der Waals surface area contributed by atoms with Crippen molar-refractivity contribution in [1.29, 1.82) is 0 Å². The molecule has 6 nitrogen and oxygen atoms in total. The Bertz CT molecular complexity index is 1030. The van der Waals surface area contributed by atoms with Gasteiger partial charge in [-0.25, -0.2) is 9.97 Å². The number of nitrogens with one attached hydrogen (secondary N) is 2. The molecule has 0 spiro atoms. The number of H-pyrrole nitrogens is 1. The summed E-state index contributed by atoms with van der Waals surface area (Å²) in [7, 11) is 0. The number of nitrogens with zero attached hydrogens (tertiary/aromatic N) is 3. The van der Waals surface area contributed by atoms with Crippen molar-refractivity contribution in [3.63, 3.8) is 0 Å². The number of carbonyl (C=O) groups excluding carboxylic acids is 1. The lowest BCUT2D eigenvalue weighted by molar-refractivity contribution is -0.116. The summed E-state index contributed by atoms with van der Waals surface area (Å²) in [5.41, 5.74) is 3.67. The number of para-hydroxylation sites is 2. The molecule has 0 unspecified atom stereocenters. The fourth-order valence-electron chi connectivity index (χ4n) is 2.72. The zero-order valence-corrected chi connectivity index (χ0v) is 13.5. The molecule has 2 N–H and O–H groups in total. The Hall–Kier alpha value is -3.41. The molecule has 124 valence electrons. The van der Waals surface area contributed by atoms with E-state index in [2.05, 4.69) is 20.3 Å². The lowest BCUT2D eigenvalue weighted by Crippen LogP contribution is -2.23. The van der Waals surface area contributed by atoms with Crippen molar-refractivity contribution in [2.75, 3.05) is 6.54 Å². The van der Waals surface area contributed by atoms with Gasteiger partial charge in [0.2, 0.25) is 5.91 Å². The van der Waals surface area contributed by atoms with Gasteiger partial charge in [-0.05, 0) is 30.3 Å². The van der Waals surface area contributed by atoms with Crippen LogP contribution < -0.4 is 5.32 Å². The first-order chi connectivity index (χ1) is 12.3. The topological polar surface area (TPSA) is 75.1 Å². The Labute approximate surface area is 144 Å². The largest absolute Gasteiger partial charge is 0.352 e. The standard InChI is InChI=1S/C19H17N5O/c25-19(9-8-14-13-21-18-7-3-4-12-24(14)18)20-11-10-17-22-15-5-1-2-6-16(15)23-17/h1-9,12-13H,10-11H2,(H,20,25)(H,22,23)/b9-8+. The maximum atomic E-state index is 12.0. The van der Waals surface area contributed by atoms with Gasteiger partial charge >= 0.3 is 0 Å². The summed E-state index contributed by atoms with van der Waals surface area (Å²) < 4.78 is 1.93. The van der Waals surface area contributed by atoms with Crippen LogP contribution >= 0.6 is 0 Å². The molecule has 4 aromatic rings. The van der Waals surface area contributed by atoms with Gasteiger partial charge in [0.1, 0.15) is 11.5 Å². The summed E-state index contributed by atoms with van der Waals surface area (Å²) in [6, 6.07) is 13.7. The van der Waals surface area contributed by atoms with Crippen LogP contribution in [-0.2, 0) is 11.2 Å². The van der Waals surface area contributed by atoms with Gasteiger partial charge in [0, 0.05) is 25.2 Å². The van der Waals surface area contributed by atoms with Crippen molar-refractivity contribution in [2.45, 2.75) is 6.42 Å². The molecule has 4 rings (SSSR count). The number of rotatable bonds is 5. The lowest BCUT2D eigenvalue weighted by Gasteiger charge is -2.00. The van der Waals surface area contributed by atoms with E-state index in [1.807, 2.05) is 53.1 Å². The lowest BCUT2D eigenvalue weighted by atomic mass is 10.3. The third-order valence-corrected chi connectivity index (χ3v) is 3.95. The van der Waals surface area contributed by atoms with Gasteiger partial charge in [0.25, 0.3) is 0 Å². The molecular weight excluding hydrogens is 314 g/mol. The molecule has 6 heteroatoms. The van der Waals surface area contributed by atoms with Crippen LogP contribution in [0.3, 0.4) is 0 Å². The van der Waals surface area contributed by atoms with E-state index in [1.165, 1.54) is 6.08 Å². The molecule has 3 heterocycles. The normalized spacial score (nSPS) is 11.5. The first-order valence-corrected chi connectivity index (χ1v) is 8.11. The number of imidazole rings is 2. The second-order valence-corrected chi connectivity index (χ2v) is 5.69. The molecule has 1 amide bonds. The van der Waals surface area contributed by atoms with Crippen LogP contribution in [0.25, 0.3) is 22.8 Å². The number of hydrogen-bond acceptors (Lipinski definition) is 3. The van der Waals surface area contributed by atoms with Crippen LogP contribution in [0, 0.1) is 0 Å². The molecule has 0 fully saturated rings. The number of aromatic nitrogens is 4. The Balaban J connectivity index is 1.34. The van der Waals surface area contributed by atoms with Crippen molar-refractivity contribution in [2.24, 2.45) is 0 Å². The molecule has 0 saturated carbocycles. The van der Waals surface area contributed by atoms with E-state index in [0.29, 0.717) is 13.0 Å². The quantitative estimate of drug-likeness (QED) is 0.552. The van der Waals surface area contributed by atoms with Gasteiger partial charge < -0.3 is 14.7 Å². The first kappa shape index (κ1) is 15.1. The number of carbonyl (C=O) groups is 1. The fourth-order valence-corrected chi connectivity index (χ4v) is 2.72. The zero-order chi connectivity index (χ0) is 17.1. The van der Waals surface area contributed by atoms with Gasteiger partial charge in [0.05, 0.1) is 22.9 Å². The van der Waals surface area contributed by atoms with Crippen molar-refractivity contribution in [3.8, 4) is 0 Å². The van der Waals surface area contributed by atoms with Crippen LogP contribution in [-0.4, -0.2) is 31.8 Å². The molecule has 0 radical (unpaired) electrons. The van der Waals surface area contributed by atoms with Gasteiger partial charge in [-0.1, -0.05) is 18.2 Å². The number of amides is 1. The van der Waals surface area contributed by atoms with E-state index in [1.54, 1.807) is 12.3 Å². The average molecular weight is 331 g/mol. The Morgan fingerprint density at radius 2 is 2.08 bits per heavy atom. The predicted octanol–water partition coefficient (Wildman–Crippen LogP) is 2.58. The highest BCUT2D eigenvalue weighted by Crippen LogP contribution is 2.10. The first-order valence-electron chi connectivity index (χ1n) is 8.11. The second kappa shape index (κ2) is 6.60. The van der Waals surface area contributed by atoms with Gasteiger partial charge in [-0.3, -0.25) is 4.79 Å². The minimum atomic E-state index is -0.137. The summed E-state index contributed by atoms with van der Waals surface area (Å²) in [6.07, 6.45) is 7.60. The van der Waals surface area contributed by atoms with E-state index < -0.39 is 0 Å². The van der Waals surface area contributed by atoms with E-state index in [4.69, 9.17) is 0 Å². The highest BCUT2D eigenvalue weighted by molar-refractivity contribution is 5.91. The molecular formula is C19H17N5O. The number of aromatic amines is 1. The SMILES string of the molecule is O=C(/C=C/c1cnc2ccccn12)NCCc1nc2ccccc2[nH]1. The maximum Gasteiger partial charge on any atom is 0.244 e. The number of fused-ring (bicyclic) bond motifs is 2. The molecule has 0 bridgehead atoms. The zero-order valence-electron chi connectivity index (χ0n) is 13.5. The van der Waals surface area contributed by atoms with Crippen molar-refractivity contribution < 1.29 is 4.79 Å². The molecule has 0 aliphatic rings. The summed E-state index contributed by atoms with van der Waals surface area (Å²) >= 11 is 0. The Kier molecular flexibility index (Phi) is 4.00. The number of benzene rings is 1. The molecule has 25 heavy (non-hydrogen) atoms. The molecule has 3 aromatic heterocycles. The van der Waals surface area contributed by atoms with E-state index in [9.17, 15) is 4.79 Å². The van der Waals surface area contributed by atoms with E-state index in [0.717, 1.165) is 28.2 Å². The number of hydrogen-bond donors (Lipinski definition) is 2. The van der Waals surface area contributed by atoms with Gasteiger partial charge in [0.15, 0.2) is 0 Å². The van der Waals surface area contributed by atoms with Crippen molar-refractivity contribution in [1.82, 2.24) is 24.7 Å². The maximum absolute atomic E-state index is 12.0. The van der Waals surface area contributed by atoms with Crippen LogP contribution in [0.1, 0.15) is 11.5 Å². The second-order valence-electron chi connectivity index (χ2n) is 5.69. The van der Waals surface area contributed by atoms with Crippen LogP contribution in [0.15, 0.2) is 60.9 Å².